The van der Waals surface area contributed by atoms with Crippen LogP contribution in [0.15, 0.2) is 18.2 Å². The number of benzene rings is 1. The molecule has 1 fully saturated rings. The fraction of sp³-hybridized carbons (Fsp3) is 0.500. The Labute approximate surface area is 162 Å². The normalized spacial score (nSPS) is 17.3. The van der Waals surface area contributed by atoms with Gasteiger partial charge in [-0.1, -0.05) is 24.9 Å². The number of amides is 2. The molecule has 1 aliphatic rings. The number of hydrogen-bond donors (Lipinski definition) is 2. The van der Waals surface area contributed by atoms with Crippen molar-refractivity contribution in [2.45, 2.75) is 32.2 Å². The summed E-state index contributed by atoms with van der Waals surface area (Å²) in [5, 5.41) is 5.20. The number of hydrogen-bond acceptors (Lipinski definition) is 5. The van der Waals surface area contributed by atoms with Crippen LogP contribution in [0.2, 0.25) is 5.02 Å². The smallest absolute Gasteiger partial charge is 0.307 e. The van der Waals surface area contributed by atoms with E-state index in [9.17, 15) is 18.8 Å². The summed E-state index contributed by atoms with van der Waals surface area (Å²) >= 11 is 5.70. The van der Waals surface area contributed by atoms with E-state index in [1.54, 1.807) is 4.90 Å². The van der Waals surface area contributed by atoms with Gasteiger partial charge in [-0.15, -0.1) is 0 Å². The molecule has 1 unspecified atom stereocenters. The topological polar surface area (TPSA) is 87.7 Å². The maximum Gasteiger partial charge on any atom is 0.307 e. The van der Waals surface area contributed by atoms with Crippen LogP contribution in [0.25, 0.3) is 0 Å². The van der Waals surface area contributed by atoms with Gasteiger partial charge in [0.1, 0.15) is 11.9 Å². The van der Waals surface area contributed by atoms with Crippen molar-refractivity contribution in [2.24, 2.45) is 0 Å². The molecule has 0 saturated carbocycles. The average Bonchev–Trinajstić information content (AvgIpc) is 2.61. The van der Waals surface area contributed by atoms with Crippen LogP contribution in [0.3, 0.4) is 0 Å². The number of anilines is 1. The van der Waals surface area contributed by atoms with E-state index in [-0.39, 0.29) is 23.9 Å². The summed E-state index contributed by atoms with van der Waals surface area (Å²) in [6, 6.07) is 3.09. The molecule has 1 heterocycles. The Morgan fingerprint density at radius 3 is 2.93 bits per heavy atom. The van der Waals surface area contributed by atoms with E-state index in [0.29, 0.717) is 25.4 Å². The molecule has 1 aromatic carbocycles. The zero-order valence-electron chi connectivity index (χ0n) is 15.1. The predicted molar refractivity (Wildman–Crippen MR) is 98.9 cm³/mol. The fourth-order valence-electron chi connectivity index (χ4n) is 2.68. The Hall–Kier alpha value is -2.19. The first kappa shape index (κ1) is 21.1. The van der Waals surface area contributed by atoms with Crippen molar-refractivity contribution in [2.75, 3.05) is 31.6 Å². The zero-order valence-corrected chi connectivity index (χ0v) is 15.9. The molecule has 27 heavy (non-hydrogen) atoms. The highest BCUT2D eigenvalue weighted by atomic mass is 35.5. The molecule has 1 atom stereocenters. The van der Waals surface area contributed by atoms with Gasteiger partial charge >= 0.3 is 5.97 Å². The molecule has 0 radical (unpaired) electrons. The predicted octanol–water partition coefficient (Wildman–Crippen LogP) is 1.95. The number of carbonyl (C=O) groups excluding carboxylic acids is 3. The first-order chi connectivity index (χ1) is 12.9. The standard InChI is InChI=1S/C18H23ClFN3O4/c1-2-3-8-27-17(25)10-15-18(26)21-6-7-23(15)11-16(24)22-12-4-5-14(20)13(19)9-12/h4-5,9,15H,2-3,6-8,10-11H2,1H3,(H,21,26)(H,22,24). The van der Waals surface area contributed by atoms with Crippen LogP contribution >= 0.6 is 11.6 Å². The van der Waals surface area contributed by atoms with Crippen molar-refractivity contribution in [3.05, 3.63) is 29.0 Å². The number of piperazine rings is 1. The SMILES string of the molecule is CCCCOC(=O)CC1C(=O)NCCN1CC(=O)Nc1ccc(F)c(Cl)c1. The summed E-state index contributed by atoms with van der Waals surface area (Å²) in [6.07, 6.45) is 1.54. The van der Waals surface area contributed by atoms with E-state index in [4.69, 9.17) is 16.3 Å². The number of unbranched alkanes of at least 4 members (excludes halogenated alkanes) is 1. The zero-order chi connectivity index (χ0) is 19.8. The largest absolute Gasteiger partial charge is 0.466 e. The van der Waals surface area contributed by atoms with Crippen molar-refractivity contribution in [3.8, 4) is 0 Å². The highest BCUT2D eigenvalue weighted by Gasteiger charge is 2.33. The van der Waals surface area contributed by atoms with Crippen LogP contribution in [0.5, 0.6) is 0 Å². The summed E-state index contributed by atoms with van der Waals surface area (Å²) in [6.45, 7) is 3.02. The minimum Gasteiger partial charge on any atom is -0.466 e. The van der Waals surface area contributed by atoms with Crippen molar-refractivity contribution in [3.63, 3.8) is 0 Å². The van der Waals surface area contributed by atoms with Gasteiger partial charge in [0, 0.05) is 18.8 Å². The lowest BCUT2D eigenvalue weighted by Crippen LogP contribution is -2.57. The lowest BCUT2D eigenvalue weighted by molar-refractivity contribution is -0.149. The van der Waals surface area contributed by atoms with Crippen LogP contribution in [0.1, 0.15) is 26.2 Å². The fourth-order valence-corrected chi connectivity index (χ4v) is 2.86. The second kappa shape index (κ2) is 10.2. The first-order valence-corrected chi connectivity index (χ1v) is 9.20. The Morgan fingerprint density at radius 1 is 1.44 bits per heavy atom. The quantitative estimate of drug-likeness (QED) is 0.515. The minimum absolute atomic E-state index is 0.0880. The summed E-state index contributed by atoms with van der Waals surface area (Å²) < 4.78 is 18.3. The number of nitrogens with zero attached hydrogens (tertiary/aromatic N) is 1. The van der Waals surface area contributed by atoms with Crippen molar-refractivity contribution in [1.29, 1.82) is 0 Å². The van der Waals surface area contributed by atoms with Gasteiger partial charge in [-0.3, -0.25) is 19.3 Å². The van der Waals surface area contributed by atoms with Crippen molar-refractivity contribution < 1.29 is 23.5 Å². The third kappa shape index (κ3) is 6.48. The Kier molecular flexibility index (Phi) is 7.99. The molecule has 9 heteroatoms. The lowest BCUT2D eigenvalue weighted by Gasteiger charge is -2.33. The van der Waals surface area contributed by atoms with E-state index in [2.05, 4.69) is 10.6 Å². The molecule has 0 spiro atoms. The molecule has 0 aliphatic carbocycles. The summed E-state index contributed by atoms with van der Waals surface area (Å²) in [7, 11) is 0. The van der Waals surface area contributed by atoms with Crippen LogP contribution in [-0.4, -0.2) is 55.0 Å². The van der Waals surface area contributed by atoms with Crippen molar-refractivity contribution >= 4 is 35.1 Å². The highest BCUT2D eigenvalue weighted by molar-refractivity contribution is 6.31. The Morgan fingerprint density at radius 2 is 2.22 bits per heavy atom. The van der Waals surface area contributed by atoms with Gasteiger partial charge in [0.05, 0.1) is 24.6 Å². The molecule has 0 bridgehead atoms. The molecule has 148 valence electrons. The third-order valence-electron chi connectivity index (χ3n) is 4.11. The second-order valence-corrected chi connectivity index (χ2v) is 6.64. The summed E-state index contributed by atoms with van der Waals surface area (Å²) in [5.41, 5.74) is 0.350. The molecule has 1 aliphatic heterocycles. The third-order valence-corrected chi connectivity index (χ3v) is 4.40. The number of rotatable bonds is 8. The number of ether oxygens (including phenoxy) is 1. The van der Waals surface area contributed by atoms with Gasteiger partial charge < -0.3 is 15.4 Å². The number of halogens is 2. The molecule has 0 aromatic heterocycles. The summed E-state index contributed by atoms with van der Waals surface area (Å²) in [5.74, 6) is -1.76. The van der Waals surface area contributed by atoms with Gasteiger partial charge in [0.2, 0.25) is 11.8 Å². The molecule has 2 amide bonds. The maximum absolute atomic E-state index is 13.2. The molecular formula is C18H23ClFN3O4. The molecule has 7 nitrogen and oxygen atoms in total. The van der Waals surface area contributed by atoms with Crippen molar-refractivity contribution in [1.82, 2.24) is 10.2 Å². The second-order valence-electron chi connectivity index (χ2n) is 6.23. The molecule has 1 saturated heterocycles. The first-order valence-electron chi connectivity index (χ1n) is 8.83. The van der Waals surface area contributed by atoms with Crippen LogP contribution in [0, 0.1) is 5.82 Å². The van der Waals surface area contributed by atoms with Gasteiger partial charge in [-0.25, -0.2) is 4.39 Å². The van der Waals surface area contributed by atoms with Gasteiger partial charge in [0.25, 0.3) is 0 Å². The minimum atomic E-state index is -0.768. The van der Waals surface area contributed by atoms with Gasteiger partial charge in [-0.05, 0) is 24.6 Å². The molecule has 2 N–H and O–H groups in total. The average molecular weight is 400 g/mol. The Balaban J connectivity index is 1.94. The highest BCUT2D eigenvalue weighted by Crippen LogP contribution is 2.19. The van der Waals surface area contributed by atoms with E-state index < -0.39 is 23.7 Å². The van der Waals surface area contributed by atoms with Crippen LogP contribution < -0.4 is 10.6 Å². The number of esters is 1. The van der Waals surface area contributed by atoms with E-state index >= 15 is 0 Å². The Bertz CT molecular complexity index is 701. The number of carbonyl (C=O) groups is 3. The summed E-state index contributed by atoms with van der Waals surface area (Å²) in [4.78, 5) is 38.0. The molecular weight excluding hydrogens is 377 g/mol. The van der Waals surface area contributed by atoms with Crippen LogP contribution in [-0.2, 0) is 19.1 Å². The van der Waals surface area contributed by atoms with Crippen LogP contribution in [0.4, 0.5) is 10.1 Å². The van der Waals surface area contributed by atoms with E-state index in [0.717, 1.165) is 18.9 Å². The maximum atomic E-state index is 13.2. The number of nitrogens with one attached hydrogen (secondary N) is 2. The lowest BCUT2D eigenvalue weighted by atomic mass is 10.1. The van der Waals surface area contributed by atoms with Gasteiger partial charge in [-0.2, -0.15) is 0 Å². The van der Waals surface area contributed by atoms with Gasteiger partial charge in [0.15, 0.2) is 0 Å². The monoisotopic (exact) mass is 399 g/mol. The van der Waals surface area contributed by atoms with E-state index in [1.807, 2.05) is 6.92 Å². The van der Waals surface area contributed by atoms with E-state index in [1.165, 1.54) is 12.1 Å². The molecule has 1 aromatic rings. The molecule has 2 rings (SSSR count).